The van der Waals surface area contributed by atoms with E-state index in [1.807, 2.05) is 11.0 Å². The molecule has 1 saturated carbocycles. The summed E-state index contributed by atoms with van der Waals surface area (Å²) in [5.74, 6) is 2.66. The van der Waals surface area contributed by atoms with E-state index >= 15 is 0 Å². The van der Waals surface area contributed by atoms with E-state index in [-0.39, 0.29) is 24.4 Å². The molecule has 1 atom stereocenters. The normalized spacial score (nSPS) is 24.2. The Morgan fingerprint density at radius 2 is 2.15 bits per heavy atom. The molecule has 8 nitrogen and oxygen atoms in total. The molecule has 5 rings (SSSR count). The fourth-order valence-corrected chi connectivity index (χ4v) is 3.98. The highest BCUT2D eigenvalue weighted by Gasteiger charge is 2.38. The summed E-state index contributed by atoms with van der Waals surface area (Å²) < 4.78 is 7.25. The lowest BCUT2D eigenvalue weighted by molar-refractivity contribution is -0.136. The minimum atomic E-state index is 0.0834. The third-order valence-electron chi connectivity index (χ3n) is 5.75. The van der Waals surface area contributed by atoms with E-state index in [1.165, 1.54) is 25.8 Å². The zero-order valence-corrected chi connectivity index (χ0v) is 14.8. The summed E-state index contributed by atoms with van der Waals surface area (Å²) in [5, 5.41) is 8.29. The van der Waals surface area contributed by atoms with Crippen LogP contribution in [0.25, 0.3) is 0 Å². The first-order chi connectivity index (χ1) is 12.8. The molecule has 2 saturated heterocycles. The molecule has 8 heteroatoms. The monoisotopic (exact) mass is 356 g/mol. The first-order valence-electron chi connectivity index (χ1n) is 9.59. The van der Waals surface area contributed by atoms with Gasteiger partial charge in [0.1, 0.15) is 6.54 Å². The number of aromatic nitrogens is 4. The molecular formula is C18H24N6O2. The van der Waals surface area contributed by atoms with Crippen molar-refractivity contribution in [1.82, 2.24) is 29.7 Å². The average Bonchev–Trinajstić information content (AvgIpc) is 2.99. The molecule has 0 bridgehead atoms. The highest BCUT2D eigenvalue weighted by Crippen LogP contribution is 2.37. The zero-order valence-electron chi connectivity index (χ0n) is 14.8. The van der Waals surface area contributed by atoms with Gasteiger partial charge < -0.3 is 9.42 Å². The van der Waals surface area contributed by atoms with E-state index in [0.29, 0.717) is 13.1 Å². The van der Waals surface area contributed by atoms with Gasteiger partial charge in [0.15, 0.2) is 5.82 Å². The Bertz CT molecular complexity index is 763. The van der Waals surface area contributed by atoms with Gasteiger partial charge in [0.2, 0.25) is 11.8 Å². The van der Waals surface area contributed by atoms with Gasteiger partial charge in [-0.1, -0.05) is 5.16 Å². The minimum absolute atomic E-state index is 0.0834. The van der Waals surface area contributed by atoms with Gasteiger partial charge in [-0.05, 0) is 44.2 Å². The van der Waals surface area contributed by atoms with Crippen LogP contribution in [0.4, 0.5) is 0 Å². The molecule has 0 aromatic carbocycles. The number of likely N-dealkylation sites (tertiary alicyclic amines) is 2. The van der Waals surface area contributed by atoms with Crippen LogP contribution in [0.1, 0.15) is 49.4 Å². The first-order valence-corrected chi connectivity index (χ1v) is 9.59. The molecule has 3 fully saturated rings. The van der Waals surface area contributed by atoms with E-state index in [2.05, 4.69) is 20.1 Å². The van der Waals surface area contributed by atoms with Crippen molar-refractivity contribution in [1.29, 1.82) is 0 Å². The van der Waals surface area contributed by atoms with Gasteiger partial charge in [0.05, 0.1) is 12.0 Å². The van der Waals surface area contributed by atoms with Gasteiger partial charge in [-0.3, -0.25) is 14.4 Å². The van der Waals surface area contributed by atoms with Crippen LogP contribution in [0.15, 0.2) is 23.0 Å². The number of hydrogen-bond acceptors (Lipinski definition) is 6. The second-order valence-electron chi connectivity index (χ2n) is 7.79. The molecular weight excluding hydrogens is 332 g/mol. The molecule has 2 aromatic rings. The Labute approximate surface area is 152 Å². The van der Waals surface area contributed by atoms with E-state index in [4.69, 9.17) is 4.52 Å². The summed E-state index contributed by atoms with van der Waals surface area (Å²) in [6.07, 6.45) is 8.52. The SMILES string of the molecule is O=C(Cn1cccn1)N1CC(c2noc(C3CCCN3CC3CC3)n2)C1. The van der Waals surface area contributed by atoms with Crippen LogP contribution in [0.2, 0.25) is 0 Å². The maximum Gasteiger partial charge on any atom is 0.244 e. The molecule has 0 radical (unpaired) electrons. The van der Waals surface area contributed by atoms with Crippen molar-refractivity contribution in [3.63, 3.8) is 0 Å². The third-order valence-corrected chi connectivity index (χ3v) is 5.75. The molecule has 26 heavy (non-hydrogen) atoms. The second kappa shape index (κ2) is 6.50. The van der Waals surface area contributed by atoms with Crippen molar-refractivity contribution in [3.05, 3.63) is 30.2 Å². The van der Waals surface area contributed by atoms with Crippen molar-refractivity contribution in [2.45, 2.75) is 44.2 Å². The van der Waals surface area contributed by atoms with Crippen molar-refractivity contribution in [2.75, 3.05) is 26.2 Å². The Kier molecular flexibility index (Phi) is 4.00. The van der Waals surface area contributed by atoms with E-state index in [1.54, 1.807) is 17.1 Å². The Balaban J connectivity index is 1.17. The standard InChI is InChI=1S/C18H24N6O2/c25-16(12-24-8-2-6-19-24)23-10-14(11-23)17-20-18(26-21-17)15-3-1-7-22(15)9-13-4-5-13/h2,6,8,13-15H,1,3-5,7,9-12H2. The molecule has 1 amide bonds. The van der Waals surface area contributed by atoms with E-state index in [0.717, 1.165) is 30.6 Å². The minimum Gasteiger partial charge on any atom is -0.339 e. The highest BCUT2D eigenvalue weighted by atomic mass is 16.5. The van der Waals surface area contributed by atoms with Gasteiger partial charge in [0.25, 0.3) is 0 Å². The van der Waals surface area contributed by atoms with Crippen molar-refractivity contribution in [2.24, 2.45) is 5.92 Å². The van der Waals surface area contributed by atoms with Crippen LogP contribution in [0.5, 0.6) is 0 Å². The van der Waals surface area contributed by atoms with Gasteiger partial charge >= 0.3 is 0 Å². The predicted octanol–water partition coefficient (Wildman–Crippen LogP) is 1.44. The van der Waals surface area contributed by atoms with E-state index < -0.39 is 0 Å². The summed E-state index contributed by atoms with van der Waals surface area (Å²) in [4.78, 5) is 21.3. The zero-order chi connectivity index (χ0) is 17.5. The van der Waals surface area contributed by atoms with Crippen molar-refractivity contribution in [3.8, 4) is 0 Å². The smallest absolute Gasteiger partial charge is 0.244 e. The maximum atomic E-state index is 12.2. The molecule has 0 N–H and O–H groups in total. The third kappa shape index (κ3) is 3.13. The summed E-state index contributed by atoms with van der Waals surface area (Å²) in [6.45, 7) is 3.92. The van der Waals surface area contributed by atoms with Crippen LogP contribution in [0.3, 0.4) is 0 Å². The Hall–Kier alpha value is -2.22. The van der Waals surface area contributed by atoms with Gasteiger partial charge in [0, 0.05) is 32.0 Å². The summed E-state index contributed by atoms with van der Waals surface area (Å²) in [7, 11) is 0. The molecule has 138 valence electrons. The van der Waals surface area contributed by atoms with E-state index in [9.17, 15) is 4.79 Å². The molecule has 1 aliphatic carbocycles. The first kappa shape index (κ1) is 16.0. The fourth-order valence-electron chi connectivity index (χ4n) is 3.98. The Morgan fingerprint density at radius 1 is 1.27 bits per heavy atom. The lowest BCUT2D eigenvalue weighted by atomic mass is 9.99. The molecule has 1 unspecified atom stereocenters. The number of carbonyl (C=O) groups excluding carboxylic acids is 1. The second-order valence-corrected chi connectivity index (χ2v) is 7.79. The topological polar surface area (TPSA) is 80.3 Å². The quantitative estimate of drug-likeness (QED) is 0.779. The van der Waals surface area contributed by atoms with Crippen LogP contribution in [-0.2, 0) is 11.3 Å². The van der Waals surface area contributed by atoms with Crippen LogP contribution >= 0.6 is 0 Å². The van der Waals surface area contributed by atoms with Crippen molar-refractivity contribution >= 4 is 5.91 Å². The Morgan fingerprint density at radius 3 is 2.92 bits per heavy atom. The lowest BCUT2D eigenvalue weighted by Gasteiger charge is -2.37. The lowest BCUT2D eigenvalue weighted by Crippen LogP contribution is -2.50. The van der Waals surface area contributed by atoms with Crippen molar-refractivity contribution < 1.29 is 9.32 Å². The van der Waals surface area contributed by atoms with Crippen LogP contribution in [-0.4, -0.2) is 61.8 Å². The molecule has 0 spiro atoms. The van der Waals surface area contributed by atoms with Gasteiger partial charge in [-0.25, -0.2) is 0 Å². The largest absolute Gasteiger partial charge is 0.339 e. The predicted molar refractivity (Wildman–Crippen MR) is 92.1 cm³/mol. The summed E-state index contributed by atoms with van der Waals surface area (Å²) >= 11 is 0. The molecule has 2 aromatic heterocycles. The van der Waals surface area contributed by atoms with Crippen LogP contribution in [0, 0.1) is 5.92 Å². The average molecular weight is 356 g/mol. The number of nitrogens with zero attached hydrogens (tertiary/aromatic N) is 6. The number of carbonyl (C=O) groups is 1. The fraction of sp³-hybridized carbons (Fsp3) is 0.667. The molecule has 3 aliphatic rings. The maximum absolute atomic E-state index is 12.2. The number of rotatable bonds is 6. The number of amides is 1. The van der Waals surface area contributed by atoms with Gasteiger partial charge in [-0.15, -0.1) is 0 Å². The molecule has 4 heterocycles. The highest BCUT2D eigenvalue weighted by molar-refractivity contribution is 5.77. The summed E-state index contributed by atoms with van der Waals surface area (Å²) in [6, 6.07) is 2.11. The van der Waals surface area contributed by atoms with Crippen LogP contribution < -0.4 is 0 Å². The molecule has 2 aliphatic heterocycles. The summed E-state index contributed by atoms with van der Waals surface area (Å²) in [5.41, 5.74) is 0. The van der Waals surface area contributed by atoms with Gasteiger partial charge in [-0.2, -0.15) is 10.1 Å². The number of hydrogen-bond donors (Lipinski definition) is 0.